The quantitative estimate of drug-likeness (QED) is 0.873. The zero-order valence-electron chi connectivity index (χ0n) is 12.4. The van der Waals surface area contributed by atoms with Crippen molar-refractivity contribution in [3.63, 3.8) is 0 Å². The Hall–Kier alpha value is -1.56. The number of hydrogen-bond donors (Lipinski definition) is 0. The highest BCUT2D eigenvalue weighted by molar-refractivity contribution is 7.92. The number of nitrogens with zero attached hydrogens (tertiary/aromatic N) is 2. The van der Waals surface area contributed by atoms with Gasteiger partial charge in [-0.25, -0.2) is 13.4 Å². The molecule has 6 heteroatoms. The Labute approximate surface area is 119 Å². The van der Waals surface area contributed by atoms with Gasteiger partial charge in [-0.1, -0.05) is 0 Å². The first-order valence-electron chi connectivity index (χ1n) is 6.51. The minimum Gasteiger partial charge on any atom is -0.489 e. The molecule has 0 aliphatic heterocycles. The van der Waals surface area contributed by atoms with Crippen LogP contribution in [0.3, 0.4) is 0 Å². The summed E-state index contributed by atoms with van der Waals surface area (Å²) in [4.78, 5) is 4.36. The molecule has 0 saturated carbocycles. The van der Waals surface area contributed by atoms with Crippen LogP contribution in [0.15, 0.2) is 29.6 Å². The van der Waals surface area contributed by atoms with E-state index in [4.69, 9.17) is 4.74 Å². The van der Waals surface area contributed by atoms with Gasteiger partial charge in [-0.2, -0.15) is 0 Å². The normalized spacial score (nSPS) is 13.1. The van der Waals surface area contributed by atoms with E-state index in [1.807, 2.05) is 13.8 Å². The van der Waals surface area contributed by atoms with Crippen molar-refractivity contribution in [2.24, 2.45) is 0 Å². The fourth-order valence-electron chi connectivity index (χ4n) is 1.80. The van der Waals surface area contributed by atoms with Crippen LogP contribution < -0.4 is 4.74 Å². The second-order valence-electron chi connectivity index (χ2n) is 5.98. The van der Waals surface area contributed by atoms with Gasteiger partial charge in [0.05, 0.1) is 10.9 Å². The molecule has 0 bridgehead atoms. The third-order valence-corrected chi connectivity index (χ3v) is 5.41. The summed E-state index contributed by atoms with van der Waals surface area (Å²) < 4.78 is 31.9. The number of rotatable bonds is 3. The van der Waals surface area contributed by atoms with Crippen molar-refractivity contribution < 1.29 is 13.2 Å². The third-order valence-electron chi connectivity index (χ3n) is 2.92. The number of fused-ring (bicyclic) bond motifs is 1. The Kier molecular flexibility index (Phi) is 3.54. The maximum absolute atomic E-state index is 12.7. The van der Waals surface area contributed by atoms with Crippen molar-refractivity contribution in [3.8, 4) is 5.75 Å². The molecule has 2 aromatic rings. The molecule has 0 radical (unpaired) electrons. The molecule has 0 saturated heterocycles. The number of imidazole rings is 1. The Morgan fingerprint density at radius 2 is 1.95 bits per heavy atom. The van der Waals surface area contributed by atoms with Gasteiger partial charge in [-0.15, -0.1) is 0 Å². The molecule has 0 aromatic carbocycles. The first-order chi connectivity index (χ1) is 9.13. The number of sulfone groups is 1. The fraction of sp³-hybridized carbons (Fsp3) is 0.500. The highest BCUT2D eigenvalue weighted by atomic mass is 32.2. The molecule has 0 aliphatic rings. The zero-order valence-corrected chi connectivity index (χ0v) is 13.2. The van der Waals surface area contributed by atoms with Gasteiger partial charge in [0.2, 0.25) is 0 Å². The third kappa shape index (κ3) is 2.52. The van der Waals surface area contributed by atoms with E-state index in [2.05, 4.69) is 4.98 Å². The van der Waals surface area contributed by atoms with Crippen LogP contribution in [0.5, 0.6) is 5.75 Å². The summed E-state index contributed by atoms with van der Waals surface area (Å²) in [6.45, 7) is 8.77. The molecule has 2 heterocycles. The second kappa shape index (κ2) is 4.77. The summed E-state index contributed by atoms with van der Waals surface area (Å²) in [6, 6.07) is 1.67. The molecule has 0 aliphatic carbocycles. The first-order valence-corrected chi connectivity index (χ1v) is 7.99. The monoisotopic (exact) mass is 296 g/mol. The molecule has 2 rings (SSSR count). The van der Waals surface area contributed by atoms with Gasteiger partial charge in [0.25, 0.3) is 0 Å². The van der Waals surface area contributed by atoms with Gasteiger partial charge < -0.3 is 9.14 Å². The molecule has 0 atom stereocenters. The SMILES string of the molecule is CC(C)Oc1cc2nccn2cc1S(=O)(=O)C(C)(C)C. The highest BCUT2D eigenvalue weighted by Crippen LogP contribution is 2.33. The van der Waals surface area contributed by atoms with Crippen molar-refractivity contribution in [3.05, 3.63) is 24.7 Å². The van der Waals surface area contributed by atoms with E-state index < -0.39 is 14.6 Å². The number of pyridine rings is 1. The predicted octanol–water partition coefficient (Wildman–Crippen LogP) is 2.69. The largest absolute Gasteiger partial charge is 0.489 e. The predicted molar refractivity (Wildman–Crippen MR) is 77.9 cm³/mol. The minimum absolute atomic E-state index is 0.110. The first kappa shape index (κ1) is 14.8. The summed E-state index contributed by atoms with van der Waals surface area (Å²) in [5.41, 5.74) is 0.661. The van der Waals surface area contributed by atoms with Crippen molar-refractivity contribution in [1.29, 1.82) is 0 Å². The Morgan fingerprint density at radius 1 is 1.30 bits per heavy atom. The molecule has 0 spiro atoms. The Morgan fingerprint density at radius 3 is 2.50 bits per heavy atom. The van der Waals surface area contributed by atoms with Crippen molar-refractivity contribution >= 4 is 15.5 Å². The summed E-state index contributed by atoms with van der Waals surface area (Å²) in [5.74, 6) is 0.355. The molecule has 0 fully saturated rings. The molecule has 5 nitrogen and oxygen atoms in total. The summed E-state index contributed by atoms with van der Waals surface area (Å²) in [6.07, 6.45) is 4.81. The summed E-state index contributed by atoms with van der Waals surface area (Å²) in [7, 11) is -3.50. The lowest BCUT2D eigenvalue weighted by Crippen LogP contribution is -2.29. The van der Waals surface area contributed by atoms with Crippen LogP contribution in [0, 0.1) is 0 Å². The maximum Gasteiger partial charge on any atom is 0.188 e. The van der Waals surface area contributed by atoms with E-state index in [0.29, 0.717) is 11.4 Å². The number of aromatic nitrogens is 2. The Bertz CT molecular complexity index is 724. The van der Waals surface area contributed by atoms with E-state index in [0.717, 1.165) is 0 Å². The van der Waals surface area contributed by atoms with Gasteiger partial charge in [0.1, 0.15) is 16.3 Å². The highest BCUT2D eigenvalue weighted by Gasteiger charge is 2.34. The van der Waals surface area contributed by atoms with Gasteiger partial charge in [0, 0.05) is 24.7 Å². The van der Waals surface area contributed by atoms with Crippen molar-refractivity contribution in [2.45, 2.75) is 50.4 Å². The molecule has 0 amide bonds. The van der Waals surface area contributed by atoms with Crippen LogP contribution in [-0.4, -0.2) is 28.7 Å². The topological polar surface area (TPSA) is 60.7 Å². The summed E-state index contributed by atoms with van der Waals surface area (Å²) in [5, 5.41) is 0. The van der Waals surface area contributed by atoms with Crippen LogP contribution in [-0.2, 0) is 9.84 Å². The smallest absolute Gasteiger partial charge is 0.188 e. The van der Waals surface area contributed by atoms with E-state index in [9.17, 15) is 8.42 Å². The van der Waals surface area contributed by atoms with Crippen LogP contribution in [0.1, 0.15) is 34.6 Å². The van der Waals surface area contributed by atoms with Crippen molar-refractivity contribution in [2.75, 3.05) is 0 Å². The van der Waals surface area contributed by atoms with E-state index in [-0.39, 0.29) is 11.0 Å². The van der Waals surface area contributed by atoms with Crippen LogP contribution in [0.4, 0.5) is 0 Å². The molecule has 110 valence electrons. The number of ether oxygens (including phenoxy) is 1. The zero-order chi connectivity index (χ0) is 15.1. The van der Waals surface area contributed by atoms with Gasteiger partial charge in [-0.05, 0) is 34.6 Å². The molecule has 2 aromatic heterocycles. The average molecular weight is 296 g/mol. The second-order valence-corrected chi connectivity index (χ2v) is 8.65. The lowest BCUT2D eigenvalue weighted by molar-refractivity contribution is 0.235. The summed E-state index contributed by atoms with van der Waals surface area (Å²) >= 11 is 0. The molecule has 0 N–H and O–H groups in total. The van der Waals surface area contributed by atoms with E-state index >= 15 is 0 Å². The van der Waals surface area contributed by atoms with Crippen LogP contribution in [0.25, 0.3) is 5.65 Å². The standard InChI is InChI=1S/C14H20N2O3S/c1-10(2)19-11-8-13-15-6-7-16(13)9-12(11)20(17,18)14(3,4)5/h6-10H,1-5H3. The fourth-order valence-corrected chi connectivity index (χ4v) is 3.09. The minimum atomic E-state index is -3.50. The van der Waals surface area contributed by atoms with E-state index in [1.165, 1.54) is 0 Å². The van der Waals surface area contributed by atoms with Gasteiger partial charge in [-0.3, -0.25) is 0 Å². The van der Waals surface area contributed by atoms with E-state index in [1.54, 1.807) is 49.8 Å². The van der Waals surface area contributed by atoms with Gasteiger partial charge in [0.15, 0.2) is 9.84 Å². The Balaban J connectivity index is 2.72. The molecular weight excluding hydrogens is 276 g/mol. The van der Waals surface area contributed by atoms with Crippen molar-refractivity contribution in [1.82, 2.24) is 9.38 Å². The molecule has 20 heavy (non-hydrogen) atoms. The maximum atomic E-state index is 12.7. The lowest BCUT2D eigenvalue weighted by atomic mass is 10.3. The molecule has 0 unspecified atom stereocenters. The van der Waals surface area contributed by atoms with Gasteiger partial charge >= 0.3 is 0 Å². The molecular formula is C14H20N2O3S. The average Bonchev–Trinajstić information content (AvgIpc) is 2.72. The number of hydrogen-bond acceptors (Lipinski definition) is 4. The van der Waals surface area contributed by atoms with Crippen LogP contribution >= 0.6 is 0 Å². The lowest BCUT2D eigenvalue weighted by Gasteiger charge is -2.22. The van der Waals surface area contributed by atoms with Crippen LogP contribution in [0.2, 0.25) is 0 Å².